The summed E-state index contributed by atoms with van der Waals surface area (Å²) in [6.45, 7) is 14.0. The minimum absolute atomic E-state index is 0.0284. The molecule has 306 valence electrons. The van der Waals surface area contributed by atoms with E-state index >= 15 is 0 Å². The van der Waals surface area contributed by atoms with Gasteiger partial charge in [0.05, 0.1) is 11.8 Å². The zero-order valence-electron chi connectivity index (χ0n) is 33.1. The highest BCUT2D eigenvalue weighted by atomic mass is 32.2. The average molecular weight is 788 g/mol. The monoisotopic (exact) mass is 787 g/mol. The predicted molar refractivity (Wildman–Crippen MR) is 204 cm³/mol. The van der Waals surface area contributed by atoms with E-state index in [1.165, 1.54) is 5.57 Å². The number of allylic oxidation sites excluding steroid dienone is 3. The van der Waals surface area contributed by atoms with Crippen LogP contribution in [0.15, 0.2) is 23.4 Å². The van der Waals surface area contributed by atoms with Crippen LogP contribution >= 0.6 is 11.8 Å². The van der Waals surface area contributed by atoms with E-state index in [9.17, 15) is 49.8 Å². The van der Waals surface area contributed by atoms with Gasteiger partial charge in [0.1, 0.15) is 23.7 Å². The van der Waals surface area contributed by atoms with Gasteiger partial charge in [-0.1, -0.05) is 46.3 Å². The Morgan fingerprint density at radius 1 is 0.891 bits per heavy atom. The fraction of sp³-hybridized carbons (Fsp3) is 0.810. The van der Waals surface area contributed by atoms with E-state index in [0.29, 0.717) is 31.6 Å². The third-order valence-electron chi connectivity index (χ3n) is 17.0. The van der Waals surface area contributed by atoms with Crippen LogP contribution in [-0.4, -0.2) is 107 Å². The summed E-state index contributed by atoms with van der Waals surface area (Å²) in [4.78, 5) is 53.2. The summed E-state index contributed by atoms with van der Waals surface area (Å²) in [5, 5.41) is 60.6. The molecule has 0 aromatic carbocycles. The first-order valence-electron chi connectivity index (χ1n) is 20.3. The number of hydrogen-bond acceptors (Lipinski definition) is 10. The van der Waals surface area contributed by atoms with Crippen molar-refractivity contribution in [1.82, 2.24) is 4.90 Å². The van der Waals surface area contributed by atoms with Crippen molar-refractivity contribution in [2.75, 3.05) is 12.3 Å². The van der Waals surface area contributed by atoms with Gasteiger partial charge in [0.2, 0.25) is 0 Å². The van der Waals surface area contributed by atoms with Gasteiger partial charge in [-0.05, 0) is 111 Å². The van der Waals surface area contributed by atoms with Gasteiger partial charge < -0.3 is 40.3 Å². The number of aliphatic hydroxyl groups excluding tert-OH is 3. The number of carbonyl (C=O) groups is 4. The van der Waals surface area contributed by atoms with E-state index < -0.39 is 53.2 Å². The van der Waals surface area contributed by atoms with Crippen molar-refractivity contribution in [1.29, 1.82) is 0 Å². The van der Waals surface area contributed by atoms with E-state index in [4.69, 9.17) is 4.74 Å². The van der Waals surface area contributed by atoms with Crippen LogP contribution in [0.3, 0.4) is 0 Å². The Hall–Kier alpha value is -2.45. The Bertz CT molecular complexity index is 1700. The van der Waals surface area contributed by atoms with Crippen LogP contribution in [0.25, 0.3) is 0 Å². The summed E-state index contributed by atoms with van der Waals surface area (Å²) >= 11 is 1.16. The Balaban J connectivity index is 1.17. The van der Waals surface area contributed by atoms with Crippen molar-refractivity contribution in [3.63, 3.8) is 0 Å². The van der Waals surface area contributed by atoms with Crippen LogP contribution in [0.1, 0.15) is 112 Å². The molecule has 55 heavy (non-hydrogen) atoms. The van der Waals surface area contributed by atoms with Gasteiger partial charge in [-0.25, -0.2) is 4.79 Å². The maximum atomic E-state index is 14.9. The van der Waals surface area contributed by atoms with E-state index in [2.05, 4.69) is 45.6 Å². The molecule has 15 unspecified atom stereocenters. The van der Waals surface area contributed by atoms with Crippen LogP contribution < -0.4 is 0 Å². The molecule has 2 heterocycles. The van der Waals surface area contributed by atoms with E-state index in [1.807, 2.05) is 13.0 Å². The maximum Gasteiger partial charge on any atom is 0.335 e. The van der Waals surface area contributed by atoms with Gasteiger partial charge in [0.25, 0.3) is 0 Å². The summed E-state index contributed by atoms with van der Waals surface area (Å²) in [5.74, 6) is -2.53. The number of nitrogens with zero attached hydrogens (tertiary/aromatic N) is 1. The first kappa shape index (κ1) is 40.7. The van der Waals surface area contributed by atoms with E-state index in [1.54, 1.807) is 0 Å². The largest absolute Gasteiger partial charge is 0.481 e. The molecule has 0 aromatic heterocycles. The quantitative estimate of drug-likeness (QED) is 0.181. The first-order chi connectivity index (χ1) is 25.6. The number of ether oxygens (including phenoxy) is 1. The average Bonchev–Trinajstić information content (AvgIpc) is 3.39. The van der Waals surface area contributed by atoms with Crippen LogP contribution in [0.4, 0.5) is 0 Å². The Morgan fingerprint density at radius 3 is 2.24 bits per heavy atom. The molecule has 0 amide bonds. The number of carboxylic acids is 3. The van der Waals surface area contributed by atoms with Gasteiger partial charge in [-0.2, -0.15) is 0 Å². The van der Waals surface area contributed by atoms with E-state index in [0.717, 1.165) is 62.4 Å². The lowest BCUT2D eigenvalue weighted by Gasteiger charge is -2.70. The van der Waals surface area contributed by atoms with Crippen molar-refractivity contribution in [2.45, 2.75) is 148 Å². The zero-order chi connectivity index (χ0) is 40.3. The predicted octanol–water partition coefficient (Wildman–Crippen LogP) is 5.09. The number of thioether (sulfide) groups is 1. The highest BCUT2D eigenvalue weighted by molar-refractivity contribution is 7.99. The summed E-state index contributed by atoms with van der Waals surface area (Å²) < 4.78 is 5.52. The standard InChI is InChI=1S/C42H61NO11S/c1-37-13-14-38(2,36(52)53)21-24(37)23-19-25(44)33-39(3)11-10-27-40(4,26(39)9-12-42(33,6)41(23,5)16-15-37)20-22(7-8-28(45)46)43(27)17-18-55-35-31(49)29(47)30(48)32(54-35)34(50)51/h19-20,24,26-27,29-33,35,47-49H,7-18,21H2,1-6H3,(H,45,46)(H,50,51)(H,52,53). The number of rotatable bonds is 9. The molecule has 0 radical (unpaired) electrons. The maximum absolute atomic E-state index is 14.9. The summed E-state index contributed by atoms with van der Waals surface area (Å²) in [7, 11) is 0. The SMILES string of the molecule is CC1(C(=O)O)CCC2(C)CCC3(C)C(=CC(=O)C4C5(C)CCC6N(CCSC7OC(C(=O)O)C(O)C(O)C7O)C(CCC(=O)O)=CC6(C)C5CCC43C)C2C1. The van der Waals surface area contributed by atoms with Crippen molar-refractivity contribution in [3.8, 4) is 0 Å². The number of carboxylic acid groups (broad SMARTS) is 3. The molecule has 5 fully saturated rings. The second-order valence-electron chi connectivity index (χ2n) is 19.8. The van der Waals surface area contributed by atoms with Gasteiger partial charge in [0, 0.05) is 35.4 Å². The lowest BCUT2D eigenvalue weighted by molar-refractivity contribution is -0.209. The summed E-state index contributed by atoms with van der Waals surface area (Å²) in [6.07, 6.45) is 5.37. The summed E-state index contributed by atoms with van der Waals surface area (Å²) in [5.41, 5.74) is -1.03. The van der Waals surface area contributed by atoms with Gasteiger partial charge in [-0.3, -0.25) is 14.4 Å². The van der Waals surface area contributed by atoms with E-state index in [-0.39, 0.29) is 63.1 Å². The molecule has 12 nitrogen and oxygen atoms in total. The highest BCUT2D eigenvalue weighted by Crippen LogP contribution is 2.76. The molecule has 6 N–H and O–H groups in total. The molecule has 0 bridgehead atoms. The topological polar surface area (TPSA) is 202 Å². The normalized spacial score (nSPS) is 49.0. The lowest BCUT2D eigenvalue weighted by atomic mass is 9.33. The third kappa shape index (κ3) is 5.97. The first-order valence-corrected chi connectivity index (χ1v) is 21.3. The number of hydrogen-bond donors (Lipinski definition) is 6. The second-order valence-corrected chi connectivity index (χ2v) is 21.0. The van der Waals surface area contributed by atoms with Crippen LogP contribution in [-0.2, 0) is 23.9 Å². The van der Waals surface area contributed by atoms with Crippen LogP contribution in [0, 0.1) is 50.2 Å². The number of ketones is 1. The fourth-order valence-electron chi connectivity index (χ4n) is 13.6. The number of carbonyl (C=O) groups excluding carboxylic acids is 1. The molecular formula is C42H61NO11S. The number of aliphatic carboxylic acids is 3. The fourth-order valence-corrected chi connectivity index (χ4v) is 14.7. The molecule has 7 rings (SSSR count). The van der Waals surface area contributed by atoms with Crippen LogP contribution in [0.2, 0.25) is 0 Å². The Morgan fingerprint density at radius 2 is 1.58 bits per heavy atom. The minimum atomic E-state index is -1.76. The molecule has 15 atom stereocenters. The van der Waals surface area contributed by atoms with Crippen molar-refractivity contribution in [2.24, 2.45) is 50.2 Å². The minimum Gasteiger partial charge on any atom is -0.481 e. The zero-order valence-corrected chi connectivity index (χ0v) is 33.9. The molecule has 4 saturated carbocycles. The van der Waals surface area contributed by atoms with Gasteiger partial charge >= 0.3 is 17.9 Å². The third-order valence-corrected chi connectivity index (χ3v) is 18.2. The highest BCUT2D eigenvalue weighted by Gasteiger charge is 2.71. The molecule has 1 saturated heterocycles. The molecule has 13 heteroatoms. The van der Waals surface area contributed by atoms with Crippen molar-refractivity contribution in [3.05, 3.63) is 23.4 Å². The van der Waals surface area contributed by atoms with Crippen molar-refractivity contribution >= 4 is 35.5 Å². The second kappa shape index (κ2) is 13.6. The van der Waals surface area contributed by atoms with Crippen LogP contribution in [0.5, 0.6) is 0 Å². The Labute approximate surface area is 328 Å². The molecular weight excluding hydrogens is 727 g/mol. The van der Waals surface area contributed by atoms with Gasteiger partial charge in [-0.15, -0.1) is 11.8 Å². The Kier molecular flexibility index (Phi) is 10.0. The number of aliphatic hydroxyl groups is 3. The van der Waals surface area contributed by atoms with Gasteiger partial charge in [0.15, 0.2) is 11.9 Å². The lowest BCUT2D eigenvalue weighted by Crippen LogP contribution is -2.67. The smallest absolute Gasteiger partial charge is 0.335 e. The molecule has 7 aliphatic rings. The van der Waals surface area contributed by atoms with Crippen molar-refractivity contribution < 1.29 is 54.6 Å². The summed E-state index contributed by atoms with van der Waals surface area (Å²) in [6, 6.07) is 0.0439. The molecule has 5 aliphatic carbocycles. The molecule has 2 aliphatic heterocycles. The number of fused-ring (bicyclic) bond motifs is 9. The molecule has 0 aromatic rings. The molecule has 0 spiro atoms.